The maximum atomic E-state index is 12.9. The van der Waals surface area contributed by atoms with E-state index >= 15 is 0 Å². The van der Waals surface area contributed by atoms with Crippen molar-refractivity contribution in [2.75, 3.05) is 11.9 Å². The monoisotopic (exact) mass is 403 g/mol. The second kappa shape index (κ2) is 8.28. The van der Waals surface area contributed by atoms with E-state index in [0.717, 1.165) is 29.8 Å². The Balaban J connectivity index is 1.56. The van der Waals surface area contributed by atoms with E-state index in [4.69, 9.17) is 0 Å². The zero-order valence-corrected chi connectivity index (χ0v) is 15.8. The molecule has 0 atom stereocenters. The number of aryl methyl sites for hydroxylation is 1. The number of sulfonamides is 1. The van der Waals surface area contributed by atoms with Crippen LogP contribution in [-0.4, -0.2) is 35.6 Å². The van der Waals surface area contributed by atoms with Crippen molar-refractivity contribution in [3.63, 3.8) is 0 Å². The molecule has 0 spiro atoms. The quantitative estimate of drug-likeness (QED) is 0.627. The van der Waals surface area contributed by atoms with Gasteiger partial charge in [0.15, 0.2) is 5.82 Å². The summed E-state index contributed by atoms with van der Waals surface area (Å²) in [6.45, 7) is -0.0888. The SMILES string of the molecule is Cn1cnnc1-c1cccc(NC(=O)CCNS(=O)(=O)c2ccc(F)cc2)c1. The van der Waals surface area contributed by atoms with Crippen molar-refractivity contribution in [3.8, 4) is 11.4 Å². The molecule has 10 heteroatoms. The molecule has 0 radical (unpaired) electrons. The number of rotatable bonds is 7. The molecule has 0 bridgehead atoms. The van der Waals surface area contributed by atoms with E-state index in [-0.39, 0.29) is 23.8 Å². The van der Waals surface area contributed by atoms with Gasteiger partial charge in [0, 0.05) is 31.3 Å². The van der Waals surface area contributed by atoms with Gasteiger partial charge in [-0.2, -0.15) is 0 Å². The first-order valence-corrected chi connectivity index (χ1v) is 9.83. The first-order valence-electron chi connectivity index (χ1n) is 8.35. The van der Waals surface area contributed by atoms with Crippen molar-refractivity contribution in [3.05, 3.63) is 60.7 Å². The van der Waals surface area contributed by atoms with Crippen LogP contribution in [0.15, 0.2) is 59.8 Å². The highest BCUT2D eigenvalue weighted by Gasteiger charge is 2.14. The highest BCUT2D eigenvalue weighted by atomic mass is 32.2. The number of aromatic nitrogens is 3. The normalized spacial score (nSPS) is 11.4. The summed E-state index contributed by atoms with van der Waals surface area (Å²) in [5.74, 6) is -0.220. The molecule has 8 nitrogen and oxygen atoms in total. The summed E-state index contributed by atoms with van der Waals surface area (Å²) >= 11 is 0. The summed E-state index contributed by atoms with van der Waals surface area (Å²) in [5.41, 5.74) is 1.35. The van der Waals surface area contributed by atoms with Crippen LogP contribution in [0, 0.1) is 5.82 Å². The van der Waals surface area contributed by atoms with E-state index < -0.39 is 15.8 Å². The molecule has 1 amide bonds. The fourth-order valence-electron chi connectivity index (χ4n) is 2.50. The first kappa shape index (κ1) is 19.6. The molecular weight excluding hydrogens is 385 g/mol. The Morgan fingerprint density at radius 1 is 1.18 bits per heavy atom. The molecule has 3 aromatic rings. The van der Waals surface area contributed by atoms with Gasteiger partial charge in [-0.05, 0) is 36.4 Å². The largest absolute Gasteiger partial charge is 0.326 e. The zero-order chi connectivity index (χ0) is 20.1. The minimum absolute atomic E-state index is 0.0609. The van der Waals surface area contributed by atoms with E-state index in [9.17, 15) is 17.6 Å². The Hall–Kier alpha value is -3.11. The van der Waals surface area contributed by atoms with Crippen LogP contribution in [0.4, 0.5) is 10.1 Å². The lowest BCUT2D eigenvalue weighted by Gasteiger charge is -2.09. The Morgan fingerprint density at radius 2 is 1.93 bits per heavy atom. The van der Waals surface area contributed by atoms with Gasteiger partial charge >= 0.3 is 0 Å². The smallest absolute Gasteiger partial charge is 0.240 e. The Morgan fingerprint density at radius 3 is 2.61 bits per heavy atom. The molecule has 0 saturated carbocycles. The average molecular weight is 403 g/mol. The van der Waals surface area contributed by atoms with Gasteiger partial charge in [0.1, 0.15) is 12.1 Å². The van der Waals surface area contributed by atoms with E-state index in [1.54, 1.807) is 29.1 Å². The van der Waals surface area contributed by atoms with Gasteiger partial charge in [-0.1, -0.05) is 12.1 Å². The molecule has 0 unspecified atom stereocenters. The summed E-state index contributed by atoms with van der Waals surface area (Å²) in [6, 6.07) is 11.5. The predicted octanol–water partition coefficient (Wildman–Crippen LogP) is 1.93. The van der Waals surface area contributed by atoms with Gasteiger partial charge in [-0.25, -0.2) is 17.5 Å². The molecule has 2 N–H and O–H groups in total. The van der Waals surface area contributed by atoms with E-state index in [1.165, 1.54) is 0 Å². The fraction of sp³-hybridized carbons (Fsp3) is 0.167. The molecule has 0 aliphatic carbocycles. The predicted molar refractivity (Wildman–Crippen MR) is 101 cm³/mol. The minimum Gasteiger partial charge on any atom is -0.326 e. The summed E-state index contributed by atoms with van der Waals surface area (Å²) in [4.78, 5) is 12.1. The highest BCUT2D eigenvalue weighted by Crippen LogP contribution is 2.20. The average Bonchev–Trinajstić information content (AvgIpc) is 3.08. The van der Waals surface area contributed by atoms with Crippen molar-refractivity contribution in [2.24, 2.45) is 7.05 Å². The van der Waals surface area contributed by atoms with Gasteiger partial charge in [-0.15, -0.1) is 10.2 Å². The topological polar surface area (TPSA) is 106 Å². The number of amides is 1. The molecule has 1 heterocycles. The van der Waals surface area contributed by atoms with Crippen LogP contribution in [0.3, 0.4) is 0 Å². The van der Waals surface area contributed by atoms with Crippen molar-refractivity contribution in [1.82, 2.24) is 19.5 Å². The third-order valence-corrected chi connectivity index (χ3v) is 5.36. The molecule has 146 valence electrons. The summed E-state index contributed by atoms with van der Waals surface area (Å²) in [5, 5.41) is 10.6. The molecular formula is C18H18FN5O3S. The van der Waals surface area contributed by atoms with Gasteiger partial charge in [-0.3, -0.25) is 4.79 Å². The van der Waals surface area contributed by atoms with Crippen molar-refractivity contribution < 1.29 is 17.6 Å². The third-order valence-electron chi connectivity index (χ3n) is 3.88. The van der Waals surface area contributed by atoms with E-state index in [0.29, 0.717) is 11.5 Å². The van der Waals surface area contributed by atoms with Crippen LogP contribution in [-0.2, 0) is 21.9 Å². The summed E-state index contributed by atoms with van der Waals surface area (Å²) in [7, 11) is -1.99. The second-order valence-electron chi connectivity index (χ2n) is 6.00. The van der Waals surface area contributed by atoms with E-state index in [1.807, 2.05) is 13.1 Å². The number of benzene rings is 2. The van der Waals surface area contributed by atoms with Crippen LogP contribution < -0.4 is 10.0 Å². The standard InChI is InChI=1S/C18H18FN5O3S/c1-24-12-20-23-18(24)13-3-2-4-15(11-13)22-17(25)9-10-21-28(26,27)16-7-5-14(19)6-8-16/h2-8,11-12,21H,9-10H2,1H3,(H,22,25). The number of hydrogen-bond donors (Lipinski definition) is 2. The lowest BCUT2D eigenvalue weighted by molar-refractivity contribution is -0.116. The van der Waals surface area contributed by atoms with Gasteiger partial charge in [0.25, 0.3) is 0 Å². The molecule has 0 fully saturated rings. The molecule has 2 aromatic carbocycles. The van der Waals surface area contributed by atoms with Gasteiger partial charge in [0.05, 0.1) is 4.90 Å². The minimum atomic E-state index is -3.80. The lowest BCUT2D eigenvalue weighted by atomic mass is 10.2. The molecule has 1 aromatic heterocycles. The van der Waals surface area contributed by atoms with Gasteiger partial charge < -0.3 is 9.88 Å². The third kappa shape index (κ3) is 4.78. The maximum absolute atomic E-state index is 12.9. The van der Waals surface area contributed by atoms with Crippen molar-refractivity contribution in [2.45, 2.75) is 11.3 Å². The Kier molecular flexibility index (Phi) is 5.81. The molecule has 0 saturated heterocycles. The second-order valence-corrected chi connectivity index (χ2v) is 7.76. The fourth-order valence-corrected chi connectivity index (χ4v) is 3.53. The van der Waals surface area contributed by atoms with E-state index in [2.05, 4.69) is 20.2 Å². The van der Waals surface area contributed by atoms with Crippen molar-refractivity contribution >= 4 is 21.6 Å². The lowest BCUT2D eigenvalue weighted by Crippen LogP contribution is -2.27. The number of hydrogen-bond acceptors (Lipinski definition) is 5. The van der Waals surface area contributed by atoms with Crippen LogP contribution >= 0.6 is 0 Å². The molecule has 3 rings (SSSR count). The number of nitrogens with zero attached hydrogens (tertiary/aromatic N) is 3. The molecule has 0 aliphatic rings. The molecule has 0 aliphatic heterocycles. The number of carbonyl (C=O) groups excluding carboxylic acids is 1. The maximum Gasteiger partial charge on any atom is 0.240 e. The summed E-state index contributed by atoms with van der Waals surface area (Å²) in [6.07, 6.45) is 1.52. The highest BCUT2D eigenvalue weighted by molar-refractivity contribution is 7.89. The van der Waals surface area contributed by atoms with Crippen molar-refractivity contribution in [1.29, 1.82) is 0 Å². The number of anilines is 1. The van der Waals surface area contributed by atoms with Crippen LogP contribution in [0.2, 0.25) is 0 Å². The number of nitrogens with one attached hydrogen (secondary N) is 2. The summed E-state index contributed by atoms with van der Waals surface area (Å²) < 4.78 is 41.2. The van der Waals surface area contributed by atoms with Gasteiger partial charge in [0.2, 0.25) is 15.9 Å². The first-order chi connectivity index (χ1) is 13.3. The molecule has 28 heavy (non-hydrogen) atoms. The Bertz CT molecular complexity index is 1080. The Labute approximate surface area is 161 Å². The zero-order valence-electron chi connectivity index (χ0n) is 15.0. The van der Waals surface area contributed by atoms with Crippen LogP contribution in [0.5, 0.6) is 0 Å². The number of carbonyl (C=O) groups is 1. The van der Waals surface area contributed by atoms with Crippen LogP contribution in [0.1, 0.15) is 6.42 Å². The van der Waals surface area contributed by atoms with Crippen LogP contribution in [0.25, 0.3) is 11.4 Å². The number of halogens is 1.